The Morgan fingerprint density at radius 3 is 2.62 bits per heavy atom. The van der Waals surface area contributed by atoms with Crippen LogP contribution in [-0.4, -0.2) is 39.3 Å². The van der Waals surface area contributed by atoms with Crippen LogP contribution in [0.25, 0.3) is 0 Å². The van der Waals surface area contributed by atoms with Gasteiger partial charge in [0.1, 0.15) is 10.7 Å². The smallest absolute Gasteiger partial charge is 0.267 e. The molecule has 108 valence electrons. The summed E-state index contributed by atoms with van der Waals surface area (Å²) in [4.78, 5) is 26.1. The van der Waals surface area contributed by atoms with Crippen LogP contribution in [0.2, 0.25) is 0 Å². The molecule has 0 N–H and O–H groups in total. The van der Waals surface area contributed by atoms with Crippen LogP contribution in [0.5, 0.6) is 0 Å². The van der Waals surface area contributed by atoms with Gasteiger partial charge in [-0.25, -0.2) is 0 Å². The average molecular weight is 301 g/mol. The topological polar surface area (TPSA) is 63.2 Å². The van der Waals surface area contributed by atoms with E-state index in [1.807, 2.05) is 30.3 Å². The molecule has 2 aromatic rings. The first kappa shape index (κ1) is 13.9. The standard InChI is InChI=1S/C15H15N3O2S/c19-12-6-8-18(9-7-12)15(20)14-13(16-17-21-14)10-11-4-2-1-3-5-11/h1-5H,6-10H2. The monoisotopic (exact) mass is 301 g/mol. The molecule has 2 heterocycles. The maximum Gasteiger partial charge on any atom is 0.267 e. The summed E-state index contributed by atoms with van der Waals surface area (Å²) in [6.07, 6.45) is 1.50. The minimum atomic E-state index is -0.0524. The highest BCUT2D eigenvalue weighted by Gasteiger charge is 2.25. The lowest BCUT2D eigenvalue weighted by Gasteiger charge is -2.25. The molecule has 1 fully saturated rings. The lowest BCUT2D eigenvalue weighted by atomic mass is 10.1. The van der Waals surface area contributed by atoms with Gasteiger partial charge < -0.3 is 4.90 Å². The molecule has 0 saturated carbocycles. The number of rotatable bonds is 3. The molecule has 6 heteroatoms. The van der Waals surface area contributed by atoms with Crippen molar-refractivity contribution in [1.82, 2.24) is 14.5 Å². The normalized spacial score (nSPS) is 15.2. The first-order valence-corrected chi connectivity index (χ1v) is 7.67. The zero-order valence-electron chi connectivity index (χ0n) is 11.5. The molecule has 21 heavy (non-hydrogen) atoms. The Morgan fingerprint density at radius 1 is 1.19 bits per heavy atom. The van der Waals surface area contributed by atoms with Crippen molar-refractivity contribution in [2.75, 3.05) is 13.1 Å². The van der Waals surface area contributed by atoms with Crippen LogP contribution in [-0.2, 0) is 11.2 Å². The van der Waals surface area contributed by atoms with Gasteiger partial charge in [0.15, 0.2) is 0 Å². The Bertz CT molecular complexity index is 644. The third-order valence-electron chi connectivity index (χ3n) is 3.57. The molecule has 1 amide bonds. The number of piperidine rings is 1. The first-order chi connectivity index (χ1) is 10.2. The molecule has 0 bridgehead atoms. The summed E-state index contributed by atoms with van der Waals surface area (Å²) in [5.41, 5.74) is 1.82. The highest BCUT2D eigenvalue weighted by molar-refractivity contribution is 7.08. The van der Waals surface area contributed by atoms with Crippen molar-refractivity contribution in [2.45, 2.75) is 19.3 Å². The Labute approximate surface area is 126 Å². The van der Waals surface area contributed by atoms with E-state index in [2.05, 4.69) is 9.59 Å². The number of ketones is 1. The van der Waals surface area contributed by atoms with Crippen molar-refractivity contribution in [3.8, 4) is 0 Å². The second-order valence-corrected chi connectivity index (χ2v) is 5.80. The van der Waals surface area contributed by atoms with Crippen LogP contribution in [0.15, 0.2) is 30.3 Å². The SMILES string of the molecule is O=C1CCN(C(=O)c2snnc2Cc2ccccc2)CC1. The Balaban J connectivity index is 1.76. The van der Waals surface area contributed by atoms with Crippen molar-refractivity contribution < 1.29 is 9.59 Å². The summed E-state index contributed by atoms with van der Waals surface area (Å²) in [5.74, 6) is 0.175. The molecule has 0 spiro atoms. The Kier molecular flexibility index (Phi) is 4.06. The minimum absolute atomic E-state index is 0.0524. The summed E-state index contributed by atoms with van der Waals surface area (Å²) in [6.45, 7) is 1.00. The number of carbonyl (C=O) groups is 2. The van der Waals surface area contributed by atoms with E-state index < -0.39 is 0 Å². The third kappa shape index (κ3) is 3.16. The van der Waals surface area contributed by atoms with Crippen LogP contribution < -0.4 is 0 Å². The predicted molar refractivity (Wildman–Crippen MR) is 79.3 cm³/mol. The Hall–Kier alpha value is -2.08. The van der Waals surface area contributed by atoms with Gasteiger partial charge in [-0.2, -0.15) is 0 Å². The second kappa shape index (κ2) is 6.13. The van der Waals surface area contributed by atoms with Gasteiger partial charge >= 0.3 is 0 Å². The van der Waals surface area contributed by atoms with Gasteiger partial charge in [-0.15, -0.1) is 5.10 Å². The van der Waals surface area contributed by atoms with Gasteiger partial charge in [-0.3, -0.25) is 9.59 Å². The molecule has 1 aliphatic rings. The number of carbonyl (C=O) groups excluding carboxylic acids is 2. The van der Waals surface area contributed by atoms with Gasteiger partial charge in [0.2, 0.25) is 0 Å². The van der Waals surface area contributed by atoms with Crippen molar-refractivity contribution in [2.24, 2.45) is 0 Å². The molecule has 1 aromatic heterocycles. The molecule has 0 radical (unpaired) electrons. The van der Waals surface area contributed by atoms with E-state index in [1.165, 1.54) is 0 Å². The van der Waals surface area contributed by atoms with E-state index in [1.54, 1.807) is 4.90 Å². The van der Waals surface area contributed by atoms with Crippen molar-refractivity contribution >= 4 is 23.2 Å². The molecular weight excluding hydrogens is 286 g/mol. The fraction of sp³-hybridized carbons (Fsp3) is 0.333. The van der Waals surface area contributed by atoms with Gasteiger partial charge in [-0.05, 0) is 17.1 Å². The molecule has 0 unspecified atom stereocenters. The lowest BCUT2D eigenvalue weighted by Crippen LogP contribution is -2.38. The zero-order chi connectivity index (χ0) is 14.7. The summed E-state index contributed by atoms with van der Waals surface area (Å²) in [5, 5.41) is 4.10. The summed E-state index contributed by atoms with van der Waals surface area (Å²) in [6, 6.07) is 9.90. The third-order valence-corrected chi connectivity index (χ3v) is 4.33. The number of Topliss-reactive ketones (excluding diaryl/α,β-unsaturated/α-hetero) is 1. The molecule has 1 saturated heterocycles. The molecule has 0 atom stereocenters. The van der Waals surface area contributed by atoms with Gasteiger partial charge in [0, 0.05) is 32.4 Å². The molecular formula is C15H15N3O2S. The minimum Gasteiger partial charge on any atom is -0.337 e. The summed E-state index contributed by atoms with van der Waals surface area (Å²) >= 11 is 1.13. The van der Waals surface area contributed by atoms with E-state index in [4.69, 9.17) is 0 Å². The quantitative estimate of drug-likeness (QED) is 0.869. The van der Waals surface area contributed by atoms with Crippen LogP contribution in [0.4, 0.5) is 0 Å². The van der Waals surface area contributed by atoms with E-state index >= 15 is 0 Å². The van der Waals surface area contributed by atoms with Gasteiger partial charge in [0.25, 0.3) is 5.91 Å². The van der Waals surface area contributed by atoms with Gasteiger partial charge in [0.05, 0.1) is 5.69 Å². The van der Waals surface area contributed by atoms with E-state index in [-0.39, 0.29) is 11.7 Å². The van der Waals surface area contributed by atoms with Crippen LogP contribution in [0.1, 0.15) is 33.8 Å². The molecule has 3 rings (SSSR count). The maximum absolute atomic E-state index is 12.5. The van der Waals surface area contributed by atoms with Crippen molar-refractivity contribution in [3.63, 3.8) is 0 Å². The molecule has 5 nitrogen and oxygen atoms in total. The number of amides is 1. The predicted octanol–water partition coefficient (Wildman–Crippen LogP) is 1.93. The van der Waals surface area contributed by atoms with E-state index in [9.17, 15) is 9.59 Å². The maximum atomic E-state index is 12.5. The number of likely N-dealkylation sites (tertiary alicyclic amines) is 1. The highest BCUT2D eigenvalue weighted by Crippen LogP contribution is 2.19. The summed E-state index contributed by atoms with van der Waals surface area (Å²) < 4.78 is 3.93. The average Bonchev–Trinajstić information content (AvgIpc) is 2.96. The fourth-order valence-electron chi connectivity index (χ4n) is 2.38. The largest absolute Gasteiger partial charge is 0.337 e. The number of benzene rings is 1. The van der Waals surface area contributed by atoms with Crippen molar-refractivity contribution in [3.05, 3.63) is 46.5 Å². The number of nitrogens with zero attached hydrogens (tertiary/aromatic N) is 3. The molecule has 1 aliphatic heterocycles. The zero-order valence-corrected chi connectivity index (χ0v) is 12.3. The highest BCUT2D eigenvalue weighted by atomic mass is 32.1. The lowest BCUT2D eigenvalue weighted by molar-refractivity contribution is -0.120. The Morgan fingerprint density at radius 2 is 1.90 bits per heavy atom. The summed E-state index contributed by atoms with van der Waals surface area (Å²) in [7, 11) is 0. The fourth-order valence-corrected chi connectivity index (χ4v) is 3.03. The van der Waals surface area contributed by atoms with Crippen LogP contribution >= 0.6 is 11.5 Å². The van der Waals surface area contributed by atoms with Gasteiger partial charge in [-0.1, -0.05) is 34.8 Å². The molecule has 1 aromatic carbocycles. The number of aromatic nitrogens is 2. The van der Waals surface area contributed by atoms with Crippen LogP contribution in [0.3, 0.4) is 0 Å². The van der Waals surface area contributed by atoms with E-state index in [0.29, 0.717) is 42.9 Å². The first-order valence-electron chi connectivity index (χ1n) is 6.90. The van der Waals surface area contributed by atoms with Crippen LogP contribution in [0, 0.1) is 0 Å². The van der Waals surface area contributed by atoms with E-state index in [0.717, 1.165) is 17.1 Å². The second-order valence-electron chi connectivity index (χ2n) is 5.04. The number of hydrogen-bond acceptors (Lipinski definition) is 5. The van der Waals surface area contributed by atoms with Crippen molar-refractivity contribution in [1.29, 1.82) is 0 Å². The number of hydrogen-bond donors (Lipinski definition) is 0. The molecule has 0 aliphatic carbocycles.